The van der Waals surface area contributed by atoms with Crippen LogP contribution in [0.3, 0.4) is 0 Å². The molecule has 0 bridgehead atoms. The molecule has 0 saturated heterocycles. The number of hydrogen-bond acceptors (Lipinski definition) is 3. The number of halogens is 1. The minimum Gasteiger partial charge on any atom is -0.322 e. The molecule has 1 amide bonds. The highest BCUT2D eigenvalue weighted by atomic mass is 127. The maximum Gasteiger partial charge on any atom is 0.255 e. The van der Waals surface area contributed by atoms with Crippen LogP contribution in [0.2, 0.25) is 0 Å². The van der Waals surface area contributed by atoms with Crippen molar-refractivity contribution in [3.05, 3.63) is 57.7 Å². The van der Waals surface area contributed by atoms with E-state index in [4.69, 9.17) is 0 Å². The fraction of sp³-hybridized carbons (Fsp3) is 0.133. The zero-order valence-electron chi connectivity index (χ0n) is 11.8. The van der Waals surface area contributed by atoms with Crippen molar-refractivity contribution in [1.29, 1.82) is 0 Å². The highest BCUT2D eigenvalue weighted by Gasteiger charge is 2.09. The molecule has 2 aromatic rings. The van der Waals surface area contributed by atoms with Crippen LogP contribution >= 0.6 is 22.6 Å². The lowest BCUT2D eigenvalue weighted by molar-refractivity contribution is 0.102. The van der Waals surface area contributed by atoms with E-state index in [1.807, 2.05) is 24.3 Å². The van der Waals surface area contributed by atoms with Gasteiger partial charge in [-0.2, -0.15) is 0 Å². The van der Waals surface area contributed by atoms with E-state index in [9.17, 15) is 13.2 Å². The number of sulfonamides is 1. The average Bonchev–Trinajstić information content (AvgIpc) is 2.50. The molecule has 0 aromatic heterocycles. The summed E-state index contributed by atoms with van der Waals surface area (Å²) in [6, 6.07) is 13.7. The molecule has 0 radical (unpaired) electrons. The largest absolute Gasteiger partial charge is 0.322 e. The van der Waals surface area contributed by atoms with Crippen LogP contribution in [0.5, 0.6) is 0 Å². The zero-order chi connectivity index (χ0) is 16.2. The Morgan fingerprint density at radius 2 is 1.55 bits per heavy atom. The van der Waals surface area contributed by atoms with Crippen LogP contribution in [0.25, 0.3) is 0 Å². The molecule has 0 unspecified atom stereocenters. The molecule has 0 spiro atoms. The number of anilines is 2. The van der Waals surface area contributed by atoms with Crippen molar-refractivity contribution in [3.63, 3.8) is 0 Å². The van der Waals surface area contributed by atoms with Crippen LogP contribution in [0.15, 0.2) is 48.5 Å². The van der Waals surface area contributed by atoms with Gasteiger partial charge in [-0.05, 0) is 78.0 Å². The molecule has 0 aliphatic carbocycles. The highest BCUT2D eigenvalue weighted by molar-refractivity contribution is 14.1. The minimum absolute atomic E-state index is 0.00203. The molecule has 0 aliphatic rings. The van der Waals surface area contributed by atoms with Crippen molar-refractivity contribution in [1.82, 2.24) is 0 Å². The van der Waals surface area contributed by atoms with Crippen LogP contribution in [-0.4, -0.2) is 20.1 Å². The fourth-order valence-corrected chi connectivity index (χ4v) is 2.68. The maximum absolute atomic E-state index is 12.1. The second kappa shape index (κ2) is 7.10. The predicted octanol–water partition coefficient (Wildman–Crippen LogP) is 3.31. The summed E-state index contributed by atoms with van der Waals surface area (Å²) in [4.78, 5) is 12.1. The quantitative estimate of drug-likeness (QED) is 0.715. The van der Waals surface area contributed by atoms with Crippen molar-refractivity contribution in [2.24, 2.45) is 0 Å². The maximum atomic E-state index is 12.1. The number of amides is 1. The second-order valence-corrected chi connectivity index (χ2v) is 7.80. The lowest BCUT2D eigenvalue weighted by Crippen LogP contribution is -2.15. The Labute approximate surface area is 143 Å². The molecule has 2 N–H and O–H groups in total. The molecule has 0 atom stereocenters. The molecule has 0 fully saturated rings. The normalized spacial score (nSPS) is 11.0. The third-order valence-corrected chi connectivity index (χ3v) is 4.93. The summed E-state index contributed by atoms with van der Waals surface area (Å²) in [6.45, 7) is 1.56. The van der Waals surface area contributed by atoms with Crippen molar-refractivity contribution in [2.75, 3.05) is 15.8 Å². The fourth-order valence-electron chi connectivity index (χ4n) is 1.68. The van der Waals surface area contributed by atoms with Gasteiger partial charge < -0.3 is 5.32 Å². The van der Waals surface area contributed by atoms with Crippen molar-refractivity contribution in [3.8, 4) is 0 Å². The molecule has 22 heavy (non-hydrogen) atoms. The summed E-state index contributed by atoms with van der Waals surface area (Å²) < 4.78 is 26.4. The monoisotopic (exact) mass is 430 g/mol. The van der Waals surface area contributed by atoms with Crippen molar-refractivity contribution in [2.45, 2.75) is 6.92 Å². The summed E-state index contributed by atoms with van der Waals surface area (Å²) in [5.41, 5.74) is 1.60. The first kappa shape index (κ1) is 16.8. The smallest absolute Gasteiger partial charge is 0.255 e. The average molecular weight is 430 g/mol. The Kier molecular flexibility index (Phi) is 5.41. The van der Waals surface area contributed by atoms with E-state index in [0.29, 0.717) is 16.9 Å². The number of nitrogens with one attached hydrogen (secondary N) is 2. The van der Waals surface area contributed by atoms with E-state index in [-0.39, 0.29) is 11.7 Å². The van der Waals surface area contributed by atoms with Gasteiger partial charge in [0.15, 0.2) is 0 Å². The first-order valence-electron chi connectivity index (χ1n) is 6.57. The summed E-state index contributed by atoms with van der Waals surface area (Å²) in [7, 11) is -3.31. The molecular weight excluding hydrogens is 415 g/mol. The van der Waals surface area contributed by atoms with Gasteiger partial charge in [0.25, 0.3) is 5.91 Å². The number of benzene rings is 2. The Hall–Kier alpha value is -1.61. The molecule has 0 aliphatic heterocycles. The van der Waals surface area contributed by atoms with Gasteiger partial charge in [-0.15, -0.1) is 0 Å². The first-order valence-corrected chi connectivity index (χ1v) is 9.30. The second-order valence-electron chi connectivity index (χ2n) is 4.54. The third kappa shape index (κ3) is 4.70. The Bertz CT molecular complexity index is 756. The molecule has 116 valence electrons. The van der Waals surface area contributed by atoms with Gasteiger partial charge in [-0.1, -0.05) is 0 Å². The standard InChI is InChI=1S/C15H15IN2O3S/c1-2-22(20,21)18-14-7-3-11(4-8-14)15(19)17-13-9-5-12(16)6-10-13/h3-10,18H,2H2,1H3,(H,17,19). The number of carbonyl (C=O) groups is 1. The van der Waals surface area contributed by atoms with E-state index >= 15 is 0 Å². The SMILES string of the molecule is CCS(=O)(=O)Nc1ccc(C(=O)Nc2ccc(I)cc2)cc1. The van der Waals surface area contributed by atoms with E-state index < -0.39 is 10.0 Å². The summed E-state index contributed by atoms with van der Waals surface area (Å²) in [6.07, 6.45) is 0. The number of hydrogen-bond donors (Lipinski definition) is 2. The lowest BCUT2D eigenvalue weighted by atomic mass is 10.2. The zero-order valence-corrected chi connectivity index (χ0v) is 14.8. The lowest BCUT2D eigenvalue weighted by Gasteiger charge is -2.08. The van der Waals surface area contributed by atoms with E-state index in [1.165, 1.54) is 0 Å². The van der Waals surface area contributed by atoms with Gasteiger partial charge in [0.2, 0.25) is 10.0 Å². The number of carbonyl (C=O) groups excluding carboxylic acids is 1. The molecule has 2 aromatic carbocycles. The van der Waals surface area contributed by atoms with E-state index in [0.717, 1.165) is 3.57 Å². The first-order chi connectivity index (χ1) is 10.4. The van der Waals surface area contributed by atoms with Gasteiger partial charge in [-0.3, -0.25) is 9.52 Å². The van der Waals surface area contributed by atoms with Crippen LogP contribution in [0, 0.1) is 3.57 Å². The van der Waals surface area contributed by atoms with Gasteiger partial charge in [0, 0.05) is 20.5 Å². The van der Waals surface area contributed by atoms with Gasteiger partial charge >= 0.3 is 0 Å². The molecule has 0 saturated carbocycles. The van der Waals surface area contributed by atoms with E-state index in [1.54, 1.807) is 31.2 Å². The summed E-state index contributed by atoms with van der Waals surface area (Å²) in [5, 5.41) is 2.78. The molecular formula is C15H15IN2O3S. The van der Waals surface area contributed by atoms with Gasteiger partial charge in [0.1, 0.15) is 0 Å². The van der Waals surface area contributed by atoms with Crippen LogP contribution in [0.1, 0.15) is 17.3 Å². The Morgan fingerprint density at radius 1 is 1.00 bits per heavy atom. The van der Waals surface area contributed by atoms with Crippen LogP contribution < -0.4 is 10.0 Å². The topological polar surface area (TPSA) is 75.3 Å². The van der Waals surface area contributed by atoms with Gasteiger partial charge in [0.05, 0.1) is 5.75 Å². The summed E-state index contributed by atoms with van der Waals surface area (Å²) in [5.74, 6) is -0.242. The minimum atomic E-state index is -3.31. The van der Waals surface area contributed by atoms with E-state index in [2.05, 4.69) is 32.6 Å². The molecule has 7 heteroatoms. The molecule has 0 heterocycles. The van der Waals surface area contributed by atoms with Crippen LogP contribution in [0.4, 0.5) is 11.4 Å². The summed E-state index contributed by atoms with van der Waals surface area (Å²) >= 11 is 2.19. The third-order valence-electron chi connectivity index (χ3n) is 2.90. The number of rotatable bonds is 5. The van der Waals surface area contributed by atoms with Crippen molar-refractivity contribution < 1.29 is 13.2 Å². The Balaban J connectivity index is 2.06. The van der Waals surface area contributed by atoms with Crippen molar-refractivity contribution >= 4 is 49.9 Å². The molecule has 5 nitrogen and oxygen atoms in total. The van der Waals surface area contributed by atoms with Gasteiger partial charge in [-0.25, -0.2) is 8.42 Å². The highest BCUT2D eigenvalue weighted by Crippen LogP contribution is 2.15. The Morgan fingerprint density at radius 3 is 2.09 bits per heavy atom. The van der Waals surface area contributed by atoms with Crippen LogP contribution in [-0.2, 0) is 10.0 Å². The predicted molar refractivity (Wildman–Crippen MR) is 96.6 cm³/mol. The molecule has 2 rings (SSSR count).